The molecule has 0 amide bonds. The Labute approximate surface area is 190 Å². The Bertz CT molecular complexity index is 1330. The van der Waals surface area contributed by atoms with Crippen LogP contribution in [0.25, 0.3) is 33.4 Å². The molecule has 1 N–H and O–H groups in total. The van der Waals surface area contributed by atoms with Gasteiger partial charge in [0.05, 0.1) is 11.1 Å². The van der Waals surface area contributed by atoms with Crippen LogP contribution >= 0.6 is 11.6 Å². The van der Waals surface area contributed by atoms with Gasteiger partial charge >= 0.3 is 0 Å². The van der Waals surface area contributed by atoms with Crippen LogP contribution < -0.4 is 10.2 Å². The second-order valence-electron chi connectivity index (χ2n) is 8.24. The Morgan fingerprint density at radius 2 is 1.94 bits per heavy atom. The summed E-state index contributed by atoms with van der Waals surface area (Å²) in [5.41, 5.74) is 4.54. The molecule has 4 aromatic rings. The lowest BCUT2D eigenvalue weighted by Gasteiger charge is -2.15. The van der Waals surface area contributed by atoms with Crippen molar-refractivity contribution in [1.29, 1.82) is 0 Å². The standard InChI is InChI=1S/C25H23ClN4O2/c1-15-10-17(11-22(26)28-15)19-12-20-24(31)21(32-18-8-9-30(2)14-18)13-27-25(20)29-23(19)16-6-4-3-5-7-16/h3-7,10-13,18H,8-9,14H2,1-2H3,(H,27,29,31). The van der Waals surface area contributed by atoms with E-state index < -0.39 is 0 Å². The summed E-state index contributed by atoms with van der Waals surface area (Å²) in [7, 11) is 2.05. The summed E-state index contributed by atoms with van der Waals surface area (Å²) < 4.78 is 6.04. The van der Waals surface area contributed by atoms with E-state index in [2.05, 4.69) is 21.9 Å². The first kappa shape index (κ1) is 20.7. The molecule has 1 unspecified atom stereocenters. The molecule has 0 spiro atoms. The minimum atomic E-state index is -0.168. The molecule has 1 atom stereocenters. The van der Waals surface area contributed by atoms with Crippen molar-refractivity contribution in [1.82, 2.24) is 19.9 Å². The molecule has 5 rings (SSSR count). The molecule has 6 nitrogen and oxygen atoms in total. The van der Waals surface area contributed by atoms with Gasteiger partial charge in [-0.15, -0.1) is 0 Å². The molecular weight excluding hydrogens is 424 g/mol. The van der Waals surface area contributed by atoms with Crippen molar-refractivity contribution >= 4 is 22.6 Å². The molecule has 1 aliphatic rings. The number of hydrogen-bond donors (Lipinski definition) is 1. The first-order chi connectivity index (χ1) is 15.5. The predicted octanol–water partition coefficient (Wildman–Crippen LogP) is 4.70. The third-order valence-electron chi connectivity index (χ3n) is 5.75. The molecular formula is C25H23ClN4O2. The first-order valence-corrected chi connectivity index (χ1v) is 11.0. The maximum Gasteiger partial charge on any atom is 0.232 e. The maximum atomic E-state index is 13.3. The molecule has 162 valence electrons. The molecule has 0 aliphatic carbocycles. The van der Waals surface area contributed by atoms with E-state index in [-0.39, 0.29) is 11.5 Å². The van der Waals surface area contributed by atoms with Crippen molar-refractivity contribution < 1.29 is 4.74 Å². The van der Waals surface area contributed by atoms with E-state index >= 15 is 0 Å². The molecule has 0 bridgehead atoms. The van der Waals surface area contributed by atoms with Gasteiger partial charge in [0.2, 0.25) is 5.43 Å². The number of nitrogens with zero attached hydrogens (tertiary/aromatic N) is 3. The number of aromatic nitrogens is 3. The van der Waals surface area contributed by atoms with Crippen molar-refractivity contribution in [2.75, 3.05) is 20.1 Å². The highest BCUT2D eigenvalue weighted by Crippen LogP contribution is 2.34. The van der Waals surface area contributed by atoms with Crippen LogP contribution in [0.15, 0.2) is 59.5 Å². The van der Waals surface area contributed by atoms with Gasteiger partial charge in [-0.2, -0.15) is 0 Å². The van der Waals surface area contributed by atoms with E-state index in [1.165, 1.54) is 0 Å². The molecule has 1 fully saturated rings. The third kappa shape index (κ3) is 3.99. The zero-order chi connectivity index (χ0) is 22.2. The number of likely N-dealkylation sites (N-methyl/N-ethyl adjacent to an activating group) is 1. The van der Waals surface area contributed by atoms with Crippen LogP contribution in [0.1, 0.15) is 12.1 Å². The minimum absolute atomic E-state index is 0.0104. The Kier molecular flexibility index (Phi) is 5.41. The van der Waals surface area contributed by atoms with Crippen molar-refractivity contribution in [2.45, 2.75) is 19.4 Å². The fourth-order valence-corrected chi connectivity index (χ4v) is 4.46. The van der Waals surface area contributed by atoms with Crippen LogP contribution in [0.5, 0.6) is 5.75 Å². The zero-order valence-corrected chi connectivity index (χ0v) is 18.7. The lowest BCUT2D eigenvalue weighted by atomic mass is 9.98. The summed E-state index contributed by atoms with van der Waals surface area (Å²) >= 11 is 6.26. The SMILES string of the molecule is Cc1cc(-c2cc3c(=O)c(OC4CCN(C)C4)c[nH]c3nc2-c2ccccc2)cc(Cl)n1. The molecule has 1 saturated heterocycles. The minimum Gasteiger partial charge on any atom is -0.483 e. The number of ether oxygens (including phenoxy) is 1. The highest BCUT2D eigenvalue weighted by atomic mass is 35.5. The van der Waals surface area contributed by atoms with Crippen LogP contribution in [0.4, 0.5) is 0 Å². The fourth-order valence-electron chi connectivity index (χ4n) is 4.21. The summed E-state index contributed by atoms with van der Waals surface area (Å²) in [6, 6.07) is 15.5. The number of pyridine rings is 3. The van der Waals surface area contributed by atoms with Gasteiger partial charge < -0.3 is 14.6 Å². The number of H-pyrrole nitrogens is 1. The van der Waals surface area contributed by atoms with Crippen LogP contribution in [0.2, 0.25) is 5.15 Å². The van der Waals surface area contributed by atoms with Gasteiger partial charge in [0, 0.05) is 36.1 Å². The first-order valence-electron chi connectivity index (χ1n) is 10.6. The molecule has 0 saturated carbocycles. The van der Waals surface area contributed by atoms with E-state index in [4.69, 9.17) is 21.3 Å². The van der Waals surface area contributed by atoms with Gasteiger partial charge in [0.1, 0.15) is 16.9 Å². The summed E-state index contributed by atoms with van der Waals surface area (Å²) in [4.78, 5) is 27.8. The fraction of sp³-hybridized carbons (Fsp3) is 0.240. The van der Waals surface area contributed by atoms with Gasteiger partial charge in [-0.3, -0.25) is 4.79 Å². The van der Waals surface area contributed by atoms with Crippen molar-refractivity contribution in [3.05, 3.63) is 75.8 Å². The smallest absolute Gasteiger partial charge is 0.232 e. The van der Waals surface area contributed by atoms with Crippen LogP contribution in [0.3, 0.4) is 0 Å². The number of aromatic amines is 1. The van der Waals surface area contributed by atoms with E-state index in [1.807, 2.05) is 49.4 Å². The third-order valence-corrected chi connectivity index (χ3v) is 5.95. The van der Waals surface area contributed by atoms with E-state index in [1.54, 1.807) is 12.3 Å². The number of rotatable bonds is 4. The van der Waals surface area contributed by atoms with Gasteiger partial charge in [-0.05, 0) is 44.2 Å². The zero-order valence-electron chi connectivity index (χ0n) is 17.9. The molecule has 4 heterocycles. The number of fused-ring (bicyclic) bond motifs is 1. The number of benzene rings is 1. The Balaban J connectivity index is 1.69. The molecule has 0 radical (unpaired) electrons. The van der Waals surface area contributed by atoms with Crippen molar-refractivity contribution in [3.63, 3.8) is 0 Å². The summed E-state index contributed by atoms with van der Waals surface area (Å²) in [6.45, 7) is 3.66. The van der Waals surface area contributed by atoms with Crippen LogP contribution in [-0.4, -0.2) is 46.1 Å². The normalized spacial score (nSPS) is 16.5. The van der Waals surface area contributed by atoms with Gasteiger partial charge in [0.15, 0.2) is 5.75 Å². The monoisotopic (exact) mass is 446 g/mol. The Hall–Kier alpha value is -3.22. The molecule has 1 aliphatic heterocycles. The van der Waals surface area contributed by atoms with Crippen LogP contribution in [0, 0.1) is 6.92 Å². The summed E-state index contributed by atoms with van der Waals surface area (Å²) in [6.07, 6.45) is 2.54. The highest BCUT2D eigenvalue weighted by Gasteiger charge is 2.23. The van der Waals surface area contributed by atoms with E-state index in [9.17, 15) is 4.79 Å². The largest absolute Gasteiger partial charge is 0.483 e. The van der Waals surface area contributed by atoms with Gasteiger partial charge in [-0.1, -0.05) is 41.9 Å². The average Bonchev–Trinajstić information content (AvgIpc) is 3.19. The van der Waals surface area contributed by atoms with Crippen LogP contribution in [-0.2, 0) is 0 Å². The average molecular weight is 447 g/mol. The maximum absolute atomic E-state index is 13.3. The highest BCUT2D eigenvalue weighted by molar-refractivity contribution is 6.29. The second-order valence-corrected chi connectivity index (χ2v) is 8.63. The number of halogens is 1. The lowest BCUT2D eigenvalue weighted by Crippen LogP contribution is -2.24. The lowest BCUT2D eigenvalue weighted by molar-refractivity contribution is 0.206. The topological polar surface area (TPSA) is 71.1 Å². The number of likely N-dealkylation sites (tertiary alicyclic amines) is 1. The number of nitrogens with one attached hydrogen (secondary N) is 1. The van der Waals surface area contributed by atoms with Gasteiger partial charge in [0.25, 0.3) is 0 Å². The summed E-state index contributed by atoms with van der Waals surface area (Å²) in [5, 5.41) is 0.879. The predicted molar refractivity (Wildman–Crippen MR) is 127 cm³/mol. The Morgan fingerprint density at radius 1 is 1.12 bits per heavy atom. The molecule has 32 heavy (non-hydrogen) atoms. The molecule has 1 aromatic carbocycles. The van der Waals surface area contributed by atoms with E-state index in [0.29, 0.717) is 21.9 Å². The molecule has 3 aromatic heterocycles. The quantitative estimate of drug-likeness (QED) is 0.460. The number of aryl methyl sites for hydroxylation is 1. The second kappa shape index (κ2) is 8.37. The Morgan fingerprint density at radius 3 is 2.66 bits per heavy atom. The van der Waals surface area contributed by atoms with E-state index in [0.717, 1.165) is 47.6 Å². The van der Waals surface area contributed by atoms with Crippen molar-refractivity contribution in [3.8, 4) is 28.1 Å². The summed E-state index contributed by atoms with van der Waals surface area (Å²) in [5.74, 6) is 0.321. The number of hydrogen-bond acceptors (Lipinski definition) is 5. The van der Waals surface area contributed by atoms with Gasteiger partial charge in [-0.25, -0.2) is 9.97 Å². The molecule has 7 heteroatoms. The van der Waals surface area contributed by atoms with Crippen molar-refractivity contribution in [2.24, 2.45) is 0 Å².